The van der Waals surface area contributed by atoms with E-state index in [1.54, 1.807) is 30.3 Å². The molecule has 0 heterocycles. The van der Waals surface area contributed by atoms with Gasteiger partial charge < -0.3 is 5.32 Å². The molecule has 0 fully saturated rings. The molecule has 0 unspecified atom stereocenters. The number of hydrogen-bond donors (Lipinski definition) is 2. The summed E-state index contributed by atoms with van der Waals surface area (Å²) in [6, 6.07) is 18.6. The van der Waals surface area contributed by atoms with Gasteiger partial charge in [-0.05, 0) is 61.0 Å². The quantitative estimate of drug-likeness (QED) is 0.366. The maximum atomic E-state index is 12.6. The van der Waals surface area contributed by atoms with Crippen molar-refractivity contribution in [2.75, 3.05) is 27.1 Å². The molecular weight excluding hydrogens is 533 g/mol. The number of carbonyl (C=O) groups is 1. The number of hydrogen-bond acceptors (Lipinski definition) is 5. The Hall–Kier alpha value is -2.79. The van der Waals surface area contributed by atoms with Crippen LogP contribution >= 0.6 is 23.2 Å². The monoisotopic (exact) mass is 555 g/mol. The number of sulfonamides is 2. The third-order valence-corrected chi connectivity index (χ3v) is 7.80. The Labute approximate surface area is 215 Å². The van der Waals surface area contributed by atoms with Crippen LogP contribution in [-0.2, 0) is 24.8 Å². The number of carbonyl (C=O) groups excluding carboxylic acids is 1. The minimum absolute atomic E-state index is 0.0155. The lowest BCUT2D eigenvalue weighted by atomic mass is 10.2. The average Bonchev–Trinajstić information content (AvgIpc) is 2.76. The van der Waals surface area contributed by atoms with E-state index < -0.39 is 20.0 Å². The van der Waals surface area contributed by atoms with Crippen molar-refractivity contribution in [3.8, 4) is 0 Å². The molecular formula is C23H23Cl2N3O5S2. The average molecular weight is 556 g/mol. The van der Waals surface area contributed by atoms with Crippen LogP contribution in [0.1, 0.15) is 12.8 Å². The molecule has 8 nitrogen and oxygen atoms in total. The van der Waals surface area contributed by atoms with Crippen LogP contribution < -0.4 is 14.3 Å². The highest BCUT2D eigenvalue weighted by Crippen LogP contribution is 2.25. The molecule has 0 aliphatic heterocycles. The normalized spacial score (nSPS) is 11.6. The molecule has 0 bridgehead atoms. The third kappa shape index (κ3) is 7.86. The third-order valence-electron chi connectivity index (χ3n) is 4.77. The van der Waals surface area contributed by atoms with E-state index >= 15 is 0 Å². The molecule has 0 aliphatic rings. The number of para-hydroxylation sites is 1. The maximum absolute atomic E-state index is 12.6. The molecule has 35 heavy (non-hydrogen) atoms. The van der Waals surface area contributed by atoms with Gasteiger partial charge in [0.1, 0.15) is 0 Å². The van der Waals surface area contributed by atoms with Crippen molar-refractivity contribution >= 4 is 66.2 Å². The molecule has 12 heteroatoms. The van der Waals surface area contributed by atoms with Crippen LogP contribution in [0.15, 0.2) is 77.7 Å². The van der Waals surface area contributed by atoms with Crippen molar-refractivity contribution in [2.45, 2.75) is 17.7 Å². The summed E-state index contributed by atoms with van der Waals surface area (Å²) in [4.78, 5) is 12.3. The predicted octanol–water partition coefficient (Wildman–Crippen LogP) is 4.98. The Bertz CT molecular complexity index is 1380. The van der Waals surface area contributed by atoms with Gasteiger partial charge in [-0.3, -0.25) is 13.8 Å². The number of nitrogens with zero attached hydrogens (tertiary/aromatic N) is 1. The molecule has 0 atom stereocenters. The van der Waals surface area contributed by atoms with Gasteiger partial charge in [-0.25, -0.2) is 16.8 Å². The van der Waals surface area contributed by atoms with Crippen LogP contribution in [0.2, 0.25) is 10.0 Å². The molecule has 3 aromatic carbocycles. The number of rotatable bonds is 10. The predicted molar refractivity (Wildman–Crippen MR) is 140 cm³/mol. The van der Waals surface area contributed by atoms with Crippen LogP contribution in [-0.4, -0.2) is 35.5 Å². The SMILES string of the molecule is CS(=O)(=O)N(CCCC(=O)Nc1ccc(S(=O)(=O)Nc2cc(Cl)cc(Cl)c2)cc1)c1ccccc1. The second-order valence-electron chi connectivity index (χ2n) is 7.61. The van der Waals surface area contributed by atoms with Crippen LogP contribution in [0.5, 0.6) is 0 Å². The molecule has 0 saturated carbocycles. The topological polar surface area (TPSA) is 113 Å². The highest BCUT2D eigenvalue weighted by atomic mass is 35.5. The lowest BCUT2D eigenvalue weighted by Gasteiger charge is -2.22. The summed E-state index contributed by atoms with van der Waals surface area (Å²) in [6.45, 7) is 0.145. The van der Waals surface area contributed by atoms with E-state index in [4.69, 9.17) is 23.2 Å². The van der Waals surface area contributed by atoms with Crippen LogP contribution in [0.25, 0.3) is 0 Å². The van der Waals surface area contributed by atoms with Crippen molar-refractivity contribution in [3.05, 3.63) is 82.8 Å². The molecule has 3 rings (SSSR count). The van der Waals surface area contributed by atoms with Crippen molar-refractivity contribution in [1.82, 2.24) is 0 Å². The molecule has 186 valence electrons. The molecule has 0 aliphatic carbocycles. The molecule has 2 N–H and O–H groups in total. The van der Waals surface area contributed by atoms with Crippen LogP contribution in [0.3, 0.4) is 0 Å². The van der Waals surface area contributed by atoms with Gasteiger partial charge in [0.2, 0.25) is 15.9 Å². The van der Waals surface area contributed by atoms with E-state index in [0.717, 1.165) is 6.26 Å². The smallest absolute Gasteiger partial charge is 0.261 e. The van der Waals surface area contributed by atoms with Crippen LogP contribution in [0, 0.1) is 0 Å². The van der Waals surface area contributed by atoms with Crippen molar-refractivity contribution < 1.29 is 21.6 Å². The Balaban J connectivity index is 1.57. The van der Waals surface area contributed by atoms with Crippen LogP contribution in [0.4, 0.5) is 17.1 Å². The zero-order chi connectivity index (χ0) is 25.6. The largest absolute Gasteiger partial charge is 0.326 e. The zero-order valence-electron chi connectivity index (χ0n) is 18.6. The molecule has 0 radical (unpaired) electrons. The van der Waals surface area contributed by atoms with E-state index in [1.165, 1.54) is 46.8 Å². The highest BCUT2D eigenvalue weighted by molar-refractivity contribution is 7.92. The number of amides is 1. The minimum atomic E-state index is -3.90. The van der Waals surface area contributed by atoms with Gasteiger partial charge in [0.25, 0.3) is 10.0 Å². The fraction of sp³-hybridized carbons (Fsp3) is 0.174. The van der Waals surface area contributed by atoms with Gasteiger partial charge in [-0.1, -0.05) is 41.4 Å². The maximum Gasteiger partial charge on any atom is 0.261 e. The second kappa shape index (κ2) is 11.3. The standard InChI is InChI=1S/C23H23Cl2N3O5S2/c1-34(30,31)28(21-6-3-2-4-7-21)13-5-8-23(29)26-19-9-11-22(12-10-19)35(32,33)27-20-15-17(24)14-18(25)16-20/h2-4,6-7,9-12,14-16,27H,5,8,13H2,1H3,(H,26,29). The zero-order valence-corrected chi connectivity index (χ0v) is 21.8. The van der Waals surface area contributed by atoms with E-state index in [1.807, 2.05) is 0 Å². The molecule has 0 aromatic heterocycles. The van der Waals surface area contributed by atoms with Gasteiger partial charge >= 0.3 is 0 Å². The second-order valence-corrected chi connectivity index (χ2v) is 12.1. The Morgan fingerprint density at radius 2 is 1.46 bits per heavy atom. The number of nitrogens with one attached hydrogen (secondary N) is 2. The summed E-state index contributed by atoms with van der Waals surface area (Å²) in [5, 5.41) is 3.26. The number of benzene rings is 3. The molecule has 3 aromatic rings. The van der Waals surface area contributed by atoms with Gasteiger partial charge in [-0.15, -0.1) is 0 Å². The summed E-state index contributed by atoms with van der Waals surface area (Å²) in [5.41, 5.74) is 1.15. The first-order valence-electron chi connectivity index (χ1n) is 10.4. The summed E-state index contributed by atoms with van der Waals surface area (Å²) >= 11 is 11.8. The Kier molecular flexibility index (Phi) is 8.65. The molecule has 0 spiro atoms. The van der Waals surface area contributed by atoms with E-state index in [-0.39, 0.29) is 39.5 Å². The van der Waals surface area contributed by atoms with Gasteiger partial charge in [-0.2, -0.15) is 0 Å². The first-order valence-corrected chi connectivity index (χ1v) is 14.4. The van der Waals surface area contributed by atoms with E-state index in [2.05, 4.69) is 10.0 Å². The highest BCUT2D eigenvalue weighted by Gasteiger charge is 2.18. The number of anilines is 3. The van der Waals surface area contributed by atoms with E-state index in [9.17, 15) is 21.6 Å². The summed E-state index contributed by atoms with van der Waals surface area (Å²) in [5.74, 6) is -0.325. The Morgan fingerprint density at radius 1 is 0.857 bits per heavy atom. The van der Waals surface area contributed by atoms with Crippen molar-refractivity contribution in [1.29, 1.82) is 0 Å². The summed E-state index contributed by atoms with van der Waals surface area (Å²) in [6.07, 6.45) is 1.49. The van der Waals surface area contributed by atoms with Gasteiger partial charge in [0.05, 0.1) is 22.5 Å². The first kappa shape index (κ1) is 26.8. The molecule has 1 amide bonds. The van der Waals surface area contributed by atoms with Crippen molar-refractivity contribution in [3.63, 3.8) is 0 Å². The lowest BCUT2D eigenvalue weighted by Crippen LogP contribution is -2.31. The van der Waals surface area contributed by atoms with Crippen molar-refractivity contribution in [2.24, 2.45) is 0 Å². The fourth-order valence-electron chi connectivity index (χ4n) is 3.23. The van der Waals surface area contributed by atoms with Gasteiger partial charge in [0.15, 0.2) is 0 Å². The number of halogens is 2. The first-order chi connectivity index (χ1) is 16.4. The lowest BCUT2D eigenvalue weighted by molar-refractivity contribution is -0.116. The minimum Gasteiger partial charge on any atom is -0.326 e. The fourth-order valence-corrected chi connectivity index (χ4v) is 5.76. The van der Waals surface area contributed by atoms with Gasteiger partial charge in [0, 0.05) is 28.7 Å². The Morgan fingerprint density at radius 3 is 2.03 bits per heavy atom. The van der Waals surface area contributed by atoms with E-state index in [0.29, 0.717) is 17.8 Å². The summed E-state index contributed by atoms with van der Waals surface area (Å²) < 4.78 is 53.1. The molecule has 0 saturated heterocycles. The summed E-state index contributed by atoms with van der Waals surface area (Å²) in [7, 11) is -7.40.